The van der Waals surface area contributed by atoms with Crippen molar-refractivity contribution in [2.24, 2.45) is 0 Å². The van der Waals surface area contributed by atoms with Crippen molar-refractivity contribution in [3.63, 3.8) is 0 Å². The van der Waals surface area contributed by atoms with Gasteiger partial charge in [0, 0.05) is 28.3 Å². The van der Waals surface area contributed by atoms with E-state index in [1.54, 1.807) is 0 Å². The molecule has 54 heavy (non-hydrogen) atoms. The lowest BCUT2D eigenvalue weighted by Crippen LogP contribution is -2.31. The summed E-state index contributed by atoms with van der Waals surface area (Å²) in [5.41, 5.74) is 12.3. The van der Waals surface area contributed by atoms with Crippen molar-refractivity contribution in [2.45, 2.75) is 12.3 Å². The number of aromatic nitrogens is 2. The van der Waals surface area contributed by atoms with E-state index >= 15 is 0 Å². The molecule has 1 aliphatic rings. The summed E-state index contributed by atoms with van der Waals surface area (Å²) in [5.74, 6) is 0.918. The smallest absolute Gasteiger partial charge is 0.137 e. The molecule has 0 amide bonds. The molecule has 0 atom stereocenters. The van der Waals surface area contributed by atoms with E-state index in [0.717, 1.165) is 22.5 Å². The average molecular weight is 695 g/mol. The summed E-state index contributed by atoms with van der Waals surface area (Å²) in [6.45, 7) is 2.84. The molecular formula is C50H38N4. The topological polar surface area (TPSA) is 24.3 Å². The Balaban J connectivity index is 1.24. The van der Waals surface area contributed by atoms with E-state index in [9.17, 15) is 0 Å². The van der Waals surface area contributed by atoms with Gasteiger partial charge in [0.1, 0.15) is 12.5 Å². The third kappa shape index (κ3) is 5.02. The second kappa shape index (κ2) is 12.9. The molecule has 0 fully saturated rings. The van der Waals surface area contributed by atoms with Crippen LogP contribution in [0.1, 0.15) is 27.8 Å². The van der Waals surface area contributed by atoms with Crippen LogP contribution in [0.4, 0.5) is 22.7 Å². The van der Waals surface area contributed by atoms with Gasteiger partial charge < -0.3 is 9.80 Å². The lowest BCUT2D eigenvalue weighted by Gasteiger charge is -2.37. The SMILES string of the molecule is Cc1ccnc(-n2c3ccccc3c3ccc(C(c4ccccc4)(c4ccccc4)c4cccc(N5CN(c6ccccc6)c6ccccc65)c4)cc32)c1. The molecule has 7 aromatic carbocycles. The molecule has 10 rings (SSSR count). The van der Waals surface area contributed by atoms with Crippen molar-refractivity contribution >= 4 is 44.6 Å². The normalized spacial score (nSPS) is 12.8. The van der Waals surface area contributed by atoms with Crippen LogP contribution in [-0.4, -0.2) is 16.2 Å². The Morgan fingerprint density at radius 2 is 1.00 bits per heavy atom. The lowest BCUT2D eigenvalue weighted by molar-refractivity contribution is 0.745. The number of hydrogen-bond donors (Lipinski definition) is 0. The summed E-state index contributed by atoms with van der Waals surface area (Å²) < 4.78 is 2.33. The highest BCUT2D eigenvalue weighted by Crippen LogP contribution is 2.49. The van der Waals surface area contributed by atoms with Crippen LogP contribution in [0, 0.1) is 6.92 Å². The first kappa shape index (κ1) is 31.8. The van der Waals surface area contributed by atoms with Gasteiger partial charge in [0.15, 0.2) is 0 Å². The molecular weight excluding hydrogens is 657 g/mol. The van der Waals surface area contributed by atoms with Crippen molar-refractivity contribution in [3.05, 3.63) is 228 Å². The molecule has 1 aliphatic heterocycles. The Hall–Kier alpha value is -6.91. The molecule has 0 unspecified atom stereocenters. The van der Waals surface area contributed by atoms with Gasteiger partial charge in [-0.25, -0.2) is 4.98 Å². The molecule has 0 saturated heterocycles. The van der Waals surface area contributed by atoms with Gasteiger partial charge in [-0.2, -0.15) is 0 Å². The number of benzene rings is 7. The quantitative estimate of drug-likeness (QED) is 0.155. The summed E-state index contributed by atoms with van der Waals surface area (Å²) in [6, 6.07) is 70.6. The minimum absolute atomic E-state index is 0.646. The maximum atomic E-state index is 4.90. The van der Waals surface area contributed by atoms with Crippen LogP contribution in [-0.2, 0) is 5.41 Å². The minimum atomic E-state index is -0.646. The van der Waals surface area contributed by atoms with Gasteiger partial charge in [0.05, 0.1) is 27.8 Å². The molecule has 0 saturated carbocycles. The number of para-hydroxylation sites is 4. The molecule has 0 N–H and O–H groups in total. The Kier molecular flexibility index (Phi) is 7.62. The van der Waals surface area contributed by atoms with Gasteiger partial charge in [-0.3, -0.25) is 4.57 Å². The molecule has 9 aromatic rings. The van der Waals surface area contributed by atoms with Gasteiger partial charge in [-0.15, -0.1) is 0 Å². The maximum absolute atomic E-state index is 4.90. The van der Waals surface area contributed by atoms with Crippen LogP contribution in [0.25, 0.3) is 27.6 Å². The van der Waals surface area contributed by atoms with Crippen molar-refractivity contribution in [3.8, 4) is 5.82 Å². The Morgan fingerprint density at radius 3 is 1.70 bits per heavy atom. The molecule has 0 radical (unpaired) electrons. The van der Waals surface area contributed by atoms with Gasteiger partial charge >= 0.3 is 0 Å². The fourth-order valence-electron chi connectivity index (χ4n) is 8.64. The largest absolute Gasteiger partial charge is 0.321 e. The van der Waals surface area contributed by atoms with E-state index in [2.05, 4.69) is 215 Å². The highest BCUT2D eigenvalue weighted by atomic mass is 15.4. The predicted octanol–water partition coefficient (Wildman–Crippen LogP) is 12.1. The zero-order chi connectivity index (χ0) is 36.1. The molecule has 3 heterocycles. The maximum Gasteiger partial charge on any atom is 0.137 e. The van der Waals surface area contributed by atoms with Gasteiger partial charge in [0.25, 0.3) is 0 Å². The first-order valence-electron chi connectivity index (χ1n) is 18.6. The predicted molar refractivity (Wildman–Crippen MR) is 224 cm³/mol. The number of nitrogens with zero attached hydrogens (tertiary/aromatic N) is 4. The lowest BCUT2D eigenvalue weighted by atomic mass is 9.65. The fourth-order valence-corrected chi connectivity index (χ4v) is 8.64. The molecule has 0 aliphatic carbocycles. The van der Waals surface area contributed by atoms with Crippen molar-refractivity contribution in [2.75, 3.05) is 16.5 Å². The van der Waals surface area contributed by atoms with E-state index in [-0.39, 0.29) is 0 Å². The van der Waals surface area contributed by atoms with Crippen LogP contribution < -0.4 is 9.80 Å². The van der Waals surface area contributed by atoms with E-state index in [4.69, 9.17) is 4.98 Å². The highest BCUT2D eigenvalue weighted by Gasteiger charge is 2.40. The Morgan fingerprint density at radius 1 is 0.444 bits per heavy atom. The summed E-state index contributed by atoms with van der Waals surface area (Å²) >= 11 is 0. The zero-order valence-corrected chi connectivity index (χ0v) is 30.0. The number of aryl methyl sites for hydroxylation is 1. The number of anilines is 4. The highest BCUT2D eigenvalue weighted by molar-refractivity contribution is 6.09. The van der Waals surface area contributed by atoms with Crippen LogP contribution in [0.2, 0.25) is 0 Å². The molecule has 2 aromatic heterocycles. The molecule has 4 nitrogen and oxygen atoms in total. The summed E-state index contributed by atoms with van der Waals surface area (Å²) in [6.07, 6.45) is 1.91. The first-order valence-corrected chi connectivity index (χ1v) is 18.6. The number of rotatable bonds is 7. The summed E-state index contributed by atoms with van der Waals surface area (Å²) in [7, 11) is 0. The second-order valence-electron chi connectivity index (χ2n) is 14.1. The van der Waals surface area contributed by atoms with E-state index in [1.807, 2.05) is 6.20 Å². The minimum Gasteiger partial charge on any atom is -0.321 e. The van der Waals surface area contributed by atoms with Crippen molar-refractivity contribution < 1.29 is 0 Å². The van der Waals surface area contributed by atoms with E-state index in [0.29, 0.717) is 6.67 Å². The summed E-state index contributed by atoms with van der Waals surface area (Å²) in [5, 5.41) is 2.42. The van der Waals surface area contributed by atoms with Crippen LogP contribution in [0.5, 0.6) is 0 Å². The zero-order valence-electron chi connectivity index (χ0n) is 30.0. The third-order valence-electron chi connectivity index (χ3n) is 11.1. The molecule has 0 bridgehead atoms. The first-order chi connectivity index (χ1) is 26.7. The van der Waals surface area contributed by atoms with Gasteiger partial charge in [0.2, 0.25) is 0 Å². The van der Waals surface area contributed by atoms with Crippen molar-refractivity contribution in [1.82, 2.24) is 9.55 Å². The monoisotopic (exact) mass is 694 g/mol. The van der Waals surface area contributed by atoms with Gasteiger partial charge in [-0.05, 0) is 95.4 Å². The van der Waals surface area contributed by atoms with Gasteiger partial charge in [-0.1, -0.05) is 133 Å². The number of fused-ring (bicyclic) bond motifs is 4. The summed E-state index contributed by atoms with van der Waals surface area (Å²) in [4.78, 5) is 9.74. The van der Waals surface area contributed by atoms with Crippen LogP contribution in [0.15, 0.2) is 200 Å². The van der Waals surface area contributed by atoms with E-state index < -0.39 is 5.41 Å². The van der Waals surface area contributed by atoms with Crippen LogP contribution in [0.3, 0.4) is 0 Å². The average Bonchev–Trinajstić information content (AvgIpc) is 3.79. The van der Waals surface area contributed by atoms with E-state index in [1.165, 1.54) is 55.7 Å². The van der Waals surface area contributed by atoms with Crippen LogP contribution >= 0.6 is 0 Å². The second-order valence-corrected chi connectivity index (χ2v) is 14.1. The molecule has 0 spiro atoms. The number of hydrogen-bond acceptors (Lipinski definition) is 3. The number of pyridine rings is 1. The Bertz CT molecular complexity index is 2730. The molecule has 258 valence electrons. The van der Waals surface area contributed by atoms with Crippen molar-refractivity contribution in [1.29, 1.82) is 0 Å². The Labute approximate surface area is 315 Å². The fraction of sp³-hybridized carbons (Fsp3) is 0.0600. The molecule has 4 heteroatoms. The third-order valence-corrected chi connectivity index (χ3v) is 11.1. The standard InChI is InChI=1S/C50H38N4/c1-36-30-31-51-49(32-36)54-45-25-12-11-24-43(45)44-29-28-40(34-48(44)54)50(37-16-5-2-6-17-37,38-18-7-3-8-19-38)39-20-15-23-42(33-39)53-35-52(41-21-9-4-10-22-41)46-26-13-14-27-47(46)53/h2-34H,35H2,1H3.